The average molecular weight is 308 g/mol. The van der Waals surface area contributed by atoms with Crippen LogP contribution >= 0.6 is 0 Å². The average Bonchev–Trinajstić information content (AvgIpc) is 2.52. The molecule has 1 atom stereocenters. The number of hydrogen-bond donors (Lipinski definition) is 0. The number of benzene rings is 2. The van der Waals surface area contributed by atoms with E-state index < -0.39 is 11.5 Å². The first-order valence-corrected chi connectivity index (χ1v) is 7.88. The minimum atomic E-state index is -0.501. The Morgan fingerprint density at radius 3 is 2.00 bits per heavy atom. The van der Waals surface area contributed by atoms with Crippen molar-refractivity contribution in [3.05, 3.63) is 77.9 Å². The summed E-state index contributed by atoms with van der Waals surface area (Å²) in [6.07, 6.45) is 1.98. The molecule has 0 spiro atoms. The highest BCUT2D eigenvalue weighted by atomic mass is 16.6. The van der Waals surface area contributed by atoms with Gasteiger partial charge >= 0.3 is 5.97 Å². The molecule has 2 rings (SSSR count). The summed E-state index contributed by atoms with van der Waals surface area (Å²) in [5.74, 6) is -0.630. The Kier molecular flexibility index (Phi) is 5.38. The molecule has 0 bridgehead atoms. The molecule has 2 aromatic rings. The molecule has 2 heteroatoms. The van der Waals surface area contributed by atoms with Crippen molar-refractivity contribution in [2.45, 2.75) is 39.2 Å². The van der Waals surface area contributed by atoms with Gasteiger partial charge < -0.3 is 4.74 Å². The van der Waals surface area contributed by atoms with E-state index in [2.05, 4.69) is 0 Å². The predicted molar refractivity (Wildman–Crippen MR) is 95.1 cm³/mol. The molecular formula is C21H24O2. The van der Waals surface area contributed by atoms with Crippen molar-refractivity contribution in [2.24, 2.45) is 0 Å². The summed E-state index contributed by atoms with van der Waals surface area (Å²) in [6.45, 7) is 7.69. The summed E-state index contributed by atoms with van der Waals surface area (Å²) in [4.78, 5) is 12.7. The SMILES string of the molecule is CC(=CC(C(=O)OC(C)(C)C)c1ccccc1)c1ccccc1. The van der Waals surface area contributed by atoms with Gasteiger partial charge in [-0.15, -0.1) is 0 Å². The highest BCUT2D eigenvalue weighted by molar-refractivity contribution is 5.83. The largest absolute Gasteiger partial charge is 0.459 e. The first-order chi connectivity index (χ1) is 10.9. The molecule has 0 aliphatic carbocycles. The zero-order valence-electron chi connectivity index (χ0n) is 14.2. The Bertz CT molecular complexity index is 664. The molecule has 0 saturated carbocycles. The minimum Gasteiger partial charge on any atom is -0.459 e. The molecule has 2 aromatic carbocycles. The maximum Gasteiger partial charge on any atom is 0.317 e. The van der Waals surface area contributed by atoms with Crippen LogP contribution in [0.1, 0.15) is 44.7 Å². The lowest BCUT2D eigenvalue weighted by Crippen LogP contribution is -2.27. The molecule has 2 nitrogen and oxygen atoms in total. The number of carbonyl (C=O) groups is 1. The Morgan fingerprint density at radius 1 is 0.957 bits per heavy atom. The number of hydrogen-bond acceptors (Lipinski definition) is 2. The maximum atomic E-state index is 12.7. The van der Waals surface area contributed by atoms with Crippen molar-refractivity contribution in [1.29, 1.82) is 0 Å². The van der Waals surface area contributed by atoms with Crippen molar-refractivity contribution in [3.63, 3.8) is 0 Å². The number of esters is 1. The molecule has 0 amide bonds. The van der Waals surface area contributed by atoms with Gasteiger partial charge in [-0.25, -0.2) is 0 Å². The van der Waals surface area contributed by atoms with Crippen LogP contribution in [0, 0.1) is 0 Å². The van der Waals surface area contributed by atoms with Crippen molar-refractivity contribution < 1.29 is 9.53 Å². The summed E-state index contributed by atoms with van der Waals surface area (Å²) in [5.41, 5.74) is 2.61. The molecule has 0 aliphatic heterocycles. The molecular weight excluding hydrogens is 284 g/mol. The molecule has 0 heterocycles. The van der Waals surface area contributed by atoms with Gasteiger partial charge in [-0.1, -0.05) is 66.7 Å². The van der Waals surface area contributed by atoms with Gasteiger partial charge in [-0.3, -0.25) is 4.79 Å². The van der Waals surface area contributed by atoms with E-state index in [1.54, 1.807) is 0 Å². The standard InChI is InChI=1S/C21H24O2/c1-16(17-11-7-5-8-12-17)15-19(18-13-9-6-10-14-18)20(22)23-21(2,3)4/h5-15,19H,1-4H3. The van der Waals surface area contributed by atoms with Crippen LogP contribution < -0.4 is 0 Å². The van der Waals surface area contributed by atoms with Gasteiger partial charge in [-0.2, -0.15) is 0 Å². The minimum absolute atomic E-state index is 0.223. The zero-order valence-corrected chi connectivity index (χ0v) is 14.2. The smallest absolute Gasteiger partial charge is 0.317 e. The Hall–Kier alpha value is -2.35. The molecule has 0 N–H and O–H groups in total. The monoisotopic (exact) mass is 308 g/mol. The second-order valence-corrected chi connectivity index (χ2v) is 6.64. The van der Waals surface area contributed by atoms with E-state index in [1.807, 2.05) is 94.4 Å². The van der Waals surface area contributed by atoms with Crippen LogP contribution in [0.15, 0.2) is 66.7 Å². The summed E-state index contributed by atoms with van der Waals surface area (Å²) in [6, 6.07) is 19.8. The Balaban J connectivity index is 2.36. The molecule has 1 unspecified atom stereocenters. The molecule has 23 heavy (non-hydrogen) atoms. The van der Waals surface area contributed by atoms with Crippen LogP contribution in [0.5, 0.6) is 0 Å². The van der Waals surface area contributed by atoms with Gasteiger partial charge in [0.05, 0.1) is 0 Å². The van der Waals surface area contributed by atoms with E-state index in [-0.39, 0.29) is 5.97 Å². The highest BCUT2D eigenvalue weighted by Gasteiger charge is 2.25. The predicted octanol–water partition coefficient (Wildman–Crippen LogP) is 5.22. The second kappa shape index (κ2) is 7.28. The van der Waals surface area contributed by atoms with Crippen LogP contribution in [0.25, 0.3) is 5.57 Å². The maximum absolute atomic E-state index is 12.7. The van der Waals surface area contributed by atoms with Crippen molar-refractivity contribution in [3.8, 4) is 0 Å². The molecule has 120 valence electrons. The Morgan fingerprint density at radius 2 is 1.48 bits per heavy atom. The van der Waals surface area contributed by atoms with E-state index in [0.29, 0.717) is 0 Å². The van der Waals surface area contributed by atoms with E-state index in [9.17, 15) is 4.79 Å². The lowest BCUT2D eigenvalue weighted by atomic mass is 9.94. The quantitative estimate of drug-likeness (QED) is 0.724. The number of ether oxygens (including phenoxy) is 1. The molecule has 0 aliphatic rings. The van der Waals surface area contributed by atoms with E-state index >= 15 is 0 Å². The first-order valence-electron chi connectivity index (χ1n) is 7.88. The molecule has 0 saturated heterocycles. The fraction of sp³-hybridized carbons (Fsp3) is 0.286. The summed E-state index contributed by atoms with van der Waals surface area (Å²) in [7, 11) is 0. The van der Waals surface area contributed by atoms with E-state index in [4.69, 9.17) is 4.74 Å². The highest BCUT2D eigenvalue weighted by Crippen LogP contribution is 2.26. The van der Waals surface area contributed by atoms with Crippen LogP contribution in [0.4, 0.5) is 0 Å². The van der Waals surface area contributed by atoms with Crippen LogP contribution in [-0.2, 0) is 9.53 Å². The van der Waals surface area contributed by atoms with Crippen LogP contribution in [-0.4, -0.2) is 11.6 Å². The lowest BCUT2D eigenvalue weighted by Gasteiger charge is -2.23. The Labute approximate surface area is 138 Å². The molecule has 0 fully saturated rings. The molecule has 0 radical (unpaired) electrons. The van der Waals surface area contributed by atoms with Crippen molar-refractivity contribution in [1.82, 2.24) is 0 Å². The van der Waals surface area contributed by atoms with Crippen LogP contribution in [0.2, 0.25) is 0 Å². The lowest BCUT2D eigenvalue weighted by molar-refractivity contribution is -0.155. The van der Waals surface area contributed by atoms with Crippen molar-refractivity contribution in [2.75, 3.05) is 0 Å². The van der Waals surface area contributed by atoms with Gasteiger partial charge in [0.1, 0.15) is 11.5 Å². The topological polar surface area (TPSA) is 26.3 Å². The van der Waals surface area contributed by atoms with Gasteiger partial charge in [-0.05, 0) is 44.4 Å². The number of allylic oxidation sites excluding steroid dienone is 1. The normalized spacial score (nSPS) is 13.5. The number of rotatable bonds is 4. The van der Waals surface area contributed by atoms with E-state index in [0.717, 1.165) is 16.7 Å². The summed E-state index contributed by atoms with van der Waals surface area (Å²) < 4.78 is 5.61. The third-order valence-electron chi connectivity index (χ3n) is 3.47. The third-order valence-corrected chi connectivity index (χ3v) is 3.47. The third kappa shape index (κ3) is 5.10. The van der Waals surface area contributed by atoms with Gasteiger partial charge in [0.15, 0.2) is 0 Å². The fourth-order valence-corrected chi connectivity index (χ4v) is 2.37. The molecule has 0 aromatic heterocycles. The van der Waals surface area contributed by atoms with Crippen LogP contribution in [0.3, 0.4) is 0 Å². The van der Waals surface area contributed by atoms with E-state index in [1.165, 1.54) is 0 Å². The van der Waals surface area contributed by atoms with Gasteiger partial charge in [0.2, 0.25) is 0 Å². The zero-order chi connectivity index (χ0) is 16.9. The first kappa shape index (κ1) is 17.0. The number of carbonyl (C=O) groups excluding carboxylic acids is 1. The van der Waals surface area contributed by atoms with Gasteiger partial charge in [0.25, 0.3) is 0 Å². The van der Waals surface area contributed by atoms with Gasteiger partial charge in [0, 0.05) is 0 Å². The summed E-state index contributed by atoms with van der Waals surface area (Å²) in [5, 5.41) is 0. The second-order valence-electron chi connectivity index (χ2n) is 6.64. The summed E-state index contributed by atoms with van der Waals surface area (Å²) >= 11 is 0. The fourth-order valence-electron chi connectivity index (χ4n) is 2.37. The van der Waals surface area contributed by atoms with Crippen molar-refractivity contribution >= 4 is 11.5 Å².